The van der Waals surface area contributed by atoms with Gasteiger partial charge in [0.15, 0.2) is 0 Å². The number of methoxy groups -OCH3 is 1. The molecule has 0 aliphatic carbocycles. The topological polar surface area (TPSA) is 49.1 Å². The highest BCUT2D eigenvalue weighted by molar-refractivity contribution is 5.07. The zero-order valence-electron chi connectivity index (χ0n) is 12.8. The zero-order valence-corrected chi connectivity index (χ0v) is 12.8. The lowest BCUT2D eigenvalue weighted by Gasteiger charge is -2.27. The Morgan fingerprint density at radius 2 is 2.05 bits per heavy atom. The number of aliphatic hydroxyl groups is 1. The molecule has 3 heterocycles. The Morgan fingerprint density at radius 3 is 2.71 bits per heavy atom. The van der Waals surface area contributed by atoms with Gasteiger partial charge in [-0.25, -0.2) is 0 Å². The summed E-state index contributed by atoms with van der Waals surface area (Å²) in [5.74, 6) is 1.57. The fourth-order valence-electron chi connectivity index (χ4n) is 3.55. The number of nitrogens with zero attached hydrogens (tertiary/aromatic N) is 2. The van der Waals surface area contributed by atoms with Crippen molar-refractivity contribution < 1.29 is 14.3 Å². The van der Waals surface area contributed by atoms with Gasteiger partial charge in [-0.2, -0.15) is 0 Å². The van der Waals surface area contributed by atoms with Crippen LogP contribution in [0.15, 0.2) is 16.5 Å². The first-order chi connectivity index (χ1) is 10.3. The summed E-state index contributed by atoms with van der Waals surface area (Å²) in [6.45, 7) is 5.34. The van der Waals surface area contributed by atoms with Crippen molar-refractivity contribution in [3.05, 3.63) is 23.7 Å². The van der Waals surface area contributed by atoms with Crippen LogP contribution in [-0.4, -0.2) is 60.3 Å². The first-order valence-electron chi connectivity index (χ1n) is 7.96. The molecule has 118 valence electrons. The normalized spacial score (nSPS) is 27.7. The molecule has 0 spiro atoms. The molecule has 1 N–H and O–H groups in total. The molecule has 2 aliphatic heterocycles. The Bertz CT molecular complexity index is 442. The van der Waals surface area contributed by atoms with Gasteiger partial charge in [-0.05, 0) is 44.5 Å². The van der Waals surface area contributed by atoms with Crippen molar-refractivity contribution >= 4 is 0 Å². The van der Waals surface area contributed by atoms with Gasteiger partial charge in [-0.15, -0.1) is 0 Å². The molecule has 3 rings (SSSR count). The minimum atomic E-state index is -0.0299. The van der Waals surface area contributed by atoms with Crippen LogP contribution in [0.4, 0.5) is 0 Å². The first kappa shape index (κ1) is 15.0. The molecule has 2 aliphatic rings. The van der Waals surface area contributed by atoms with E-state index in [1.165, 1.54) is 25.9 Å². The van der Waals surface area contributed by atoms with Crippen molar-refractivity contribution in [3.63, 3.8) is 0 Å². The van der Waals surface area contributed by atoms with Crippen LogP contribution in [0.25, 0.3) is 0 Å². The lowest BCUT2D eigenvalue weighted by Crippen LogP contribution is -2.38. The molecule has 5 heteroatoms. The quantitative estimate of drug-likeness (QED) is 0.861. The molecular weight excluding hydrogens is 268 g/mol. The predicted octanol–water partition coefficient (Wildman–Crippen LogP) is 1.46. The molecule has 0 amide bonds. The molecule has 1 aromatic heterocycles. The van der Waals surface area contributed by atoms with Crippen LogP contribution in [0.3, 0.4) is 0 Å². The Labute approximate surface area is 126 Å². The standard InChI is InChI=1S/C16H26N2O3/c1-20-16-8-13(9-17-6-2-3-7-17)18(11-16)10-14-4-5-15(12-19)21-14/h4-5,13,16,19H,2-3,6-12H2,1H3/t13-,16-/m0/s1. The Balaban J connectivity index is 1.61. The third kappa shape index (κ3) is 3.66. The van der Waals surface area contributed by atoms with E-state index in [4.69, 9.17) is 14.3 Å². The minimum Gasteiger partial charge on any atom is -0.462 e. The number of ether oxygens (including phenoxy) is 1. The van der Waals surface area contributed by atoms with Crippen molar-refractivity contribution in [3.8, 4) is 0 Å². The number of rotatable bonds is 6. The predicted molar refractivity (Wildman–Crippen MR) is 79.9 cm³/mol. The molecule has 1 aromatic rings. The van der Waals surface area contributed by atoms with Gasteiger partial charge in [0.05, 0.1) is 12.6 Å². The van der Waals surface area contributed by atoms with E-state index in [0.29, 0.717) is 17.9 Å². The lowest BCUT2D eigenvalue weighted by molar-refractivity contribution is 0.105. The second-order valence-corrected chi connectivity index (χ2v) is 6.21. The molecule has 0 bridgehead atoms. The van der Waals surface area contributed by atoms with Gasteiger partial charge >= 0.3 is 0 Å². The van der Waals surface area contributed by atoms with Gasteiger partial charge in [0.25, 0.3) is 0 Å². The fourth-order valence-corrected chi connectivity index (χ4v) is 3.55. The van der Waals surface area contributed by atoms with Crippen LogP contribution in [0.5, 0.6) is 0 Å². The average Bonchev–Trinajstić information content (AvgIpc) is 3.22. The van der Waals surface area contributed by atoms with E-state index >= 15 is 0 Å². The van der Waals surface area contributed by atoms with E-state index in [1.54, 1.807) is 7.11 Å². The van der Waals surface area contributed by atoms with E-state index in [9.17, 15) is 0 Å². The van der Waals surface area contributed by atoms with Gasteiger partial charge in [0, 0.05) is 26.2 Å². The summed E-state index contributed by atoms with van der Waals surface area (Å²) in [7, 11) is 1.80. The second kappa shape index (κ2) is 6.92. The summed E-state index contributed by atoms with van der Waals surface area (Å²) in [4.78, 5) is 5.03. The molecular formula is C16H26N2O3. The van der Waals surface area contributed by atoms with Gasteiger partial charge in [-0.1, -0.05) is 0 Å². The summed E-state index contributed by atoms with van der Waals surface area (Å²) in [5, 5.41) is 9.10. The first-order valence-corrected chi connectivity index (χ1v) is 7.96. The smallest absolute Gasteiger partial charge is 0.129 e. The van der Waals surface area contributed by atoms with Gasteiger partial charge in [0.1, 0.15) is 18.1 Å². The largest absolute Gasteiger partial charge is 0.462 e. The number of aliphatic hydroxyl groups excluding tert-OH is 1. The average molecular weight is 294 g/mol. The zero-order chi connectivity index (χ0) is 14.7. The summed E-state index contributed by atoms with van der Waals surface area (Å²) >= 11 is 0. The third-order valence-corrected chi connectivity index (χ3v) is 4.72. The van der Waals surface area contributed by atoms with Crippen LogP contribution in [0.1, 0.15) is 30.8 Å². The van der Waals surface area contributed by atoms with Crippen molar-refractivity contribution in [1.82, 2.24) is 9.80 Å². The molecule has 2 saturated heterocycles. The minimum absolute atomic E-state index is 0.0299. The highest BCUT2D eigenvalue weighted by Gasteiger charge is 2.34. The molecule has 21 heavy (non-hydrogen) atoms. The van der Waals surface area contributed by atoms with Crippen LogP contribution in [0.2, 0.25) is 0 Å². The van der Waals surface area contributed by atoms with Crippen LogP contribution >= 0.6 is 0 Å². The van der Waals surface area contributed by atoms with Crippen molar-refractivity contribution in [2.45, 2.75) is 44.6 Å². The molecule has 2 atom stereocenters. The molecule has 0 unspecified atom stereocenters. The van der Waals surface area contributed by atoms with Crippen LogP contribution < -0.4 is 0 Å². The Morgan fingerprint density at radius 1 is 1.29 bits per heavy atom. The van der Waals surface area contributed by atoms with Crippen molar-refractivity contribution in [1.29, 1.82) is 0 Å². The maximum absolute atomic E-state index is 9.10. The summed E-state index contributed by atoms with van der Waals surface area (Å²) in [6.07, 6.45) is 4.09. The maximum atomic E-state index is 9.10. The van der Waals surface area contributed by atoms with E-state index in [0.717, 1.165) is 31.8 Å². The highest BCUT2D eigenvalue weighted by Crippen LogP contribution is 2.25. The Hall–Kier alpha value is -0.880. The van der Waals surface area contributed by atoms with Gasteiger partial charge in [0.2, 0.25) is 0 Å². The number of hydrogen-bond acceptors (Lipinski definition) is 5. The molecule has 0 saturated carbocycles. The fraction of sp³-hybridized carbons (Fsp3) is 0.750. The second-order valence-electron chi connectivity index (χ2n) is 6.21. The summed E-state index contributed by atoms with van der Waals surface area (Å²) in [6, 6.07) is 4.36. The van der Waals surface area contributed by atoms with E-state index in [-0.39, 0.29) is 6.61 Å². The van der Waals surface area contributed by atoms with Gasteiger partial charge in [-0.3, -0.25) is 4.90 Å². The third-order valence-electron chi connectivity index (χ3n) is 4.72. The molecule has 0 aromatic carbocycles. The molecule has 0 radical (unpaired) electrons. The SMILES string of the molecule is CO[C@H]1C[C@@H](CN2CCCC2)N(Cc2ccc(CO)o2)C1. The number of furan rings is 1. The summed E-state index contributed by atoms with van der Waals surface area (Å²) < 4.78 is 11.2. The molecule has 2 fully saturated rings. The van der Waals surface area contributed by atoms with E-state index < -0.39 is 0 Å². The van der Waals surface area contributed by atoms with E-state index in [1.807, 2.05) is 12.1 Å². The summed E-state index contributed by atoms with van der Waals surface area (Å²) in [5.41, 5.74) is 0. The van der Waals surface area contributed by atoms with Crippen LogP contribution in [0, 0.1) is 0 Å². The lowest BCUT2D eigenvalue weighted by atomic mass is 10.2. The monoisotopic (exact) mass is 294 g/mol. The highest BCUT2D eigenvalue weighted by atomic mass is 16.5. The van der Waals surface area contributed by atoms with Crippen molar-refractivity contribution in [2.24, 2.45) is 0 Å². The number of likely N-dealkylation sites (tertiary alicyclic amines) is 2. The number of hydrogen-bond donors (Lipinski definition) is 1. The molecule has 5 nitrogen and oxygen atoms in total. The Kier molecular flexibility index (Phi) is 4.95. The van der Waals surface area contributed by atoms with Gasteiger partial charge < -0.3 is 19.2 Å². The van der Waals surface area contributed by atoms with E-state index in [2.05, 4.69) is 9.80 Å². The van der Waals surface area contributed by atoms with Crippen molar-refractivity contribution in [2.75, 3.05) is 33.3 Å². The maximum Gasteiger partial charge on any atom is 0.129 e. The van der Waals surface area contributed by atoms with Crippen LogP contribution in [-0.2, 0) is 17.9 Å².